The van der Waals surface area contributed by atoms with Gasteiger partial charge in [0.2, 0.25) is 0 Å². The molecule has 8 nitrogen and oxygen atoms in total. The molecule has 3 heterocycles. The molecule has 162 valence electrons. The average Bonchev–Trinajstić information content (AvgIpc) is 2.74. The van der Waals surface area contributed by atoms with Crippen molar-refractivity contribution in [3.63, 3.8) is 0 Å². The fraction of sp³-hybridized carbons (Fsp3) is 0.545. The third-order valence-electron chi connectivity index (χ3n) is 5.49. The molecule has 1 aromatic rings. The fourth-order valence-corrected chi connectivity index (χ4v) is 3.54. The van der Waals surface area contributed by atoms with Gasteiger partial charge < -0.3 is 20.4 Å². The predicted octanol–water partition coefficient (Wildman–Crippen LogP) is 2.58. The van der Waals surface area contributed by atoms with E-state index in [2.05, 4.69) is 39.4 Å². The Balaban J connectivity index is 1.79. The maximum atomic E-state index is 12.1. The van der Waals surface area contributed by atoms with Gasteiger partial charge in [0.15, 0.2) is 5.82 Å². The van der Waals surface area contributed by atoms with Crippen LogP contribution in [0.1, 0.15) is 44.0 Å². The molecule has 3 rings (SSSR count). The molecule has 2 aliphatic heterocycles. The van der Waals surface area contributed by atoms with Crippen molar-refractivity contribution in [2.24, 2.45) is 15.9 Å². The summed E-state index contributed by atoms with van der Waals surface area (Å²) in [6.45, 7) is 10.7. The smallest absolute Gasteiger partial charge is 0.251 e. The molecule has 0 bridgehead atoms. The summed E-state index contributed by atoms with van der Waals surface area (Å²) >= 11 is 0. The summed E-state index contributed by atoms with van der Waals surface area (Å²) < 4.78 is 0. The quantitative estimate of drug-likeness (QED) is 0.799. The van der Waals surface area contributed by atoms with Crippen LogP contribution in [0.15, 0.2) is 40.2 Å². The van der Waals surface area contributed by atoms with Crippen LogP contribution in [0.2, 0.25) is 0 Å². The first-order valence-corrected chi connectivity index (χ1v) is 10.8. The summed E-state index contributed by atoms with van der Waals surface area (Å²) in [4.78, 5) is 30.9. The summed E-state index contributed by atoms with van der Waals surface area (Å²) in [5, 5.41) is 6.14. The molecule has 0 aliphatic carbocycles. The van der Waals surface area contributed by atoms with Gasteiger partial charge in [-0.15, -0.1) is 0 Å². The molecule has 1 aromatic heterocycles. The van der Waals surface area contributed by atoms with Crippen molar-refractivity contribution in [1.29, 1.82) is 0 Å². The monoisotopic (exact) mass is 411 g/mol. The van der Waals surface area contributed by atoms with Crippen molar-refractivity contribution in [3.05, 3.63) is 35.8 Å². The van der Waals surface area contributed by atoms with Crippen LogP contribution in [0.5, 0.6) is 0 Å². The van der Waals surface area contributed by atoms with Crippen LogP contribution in [0.3, 0.4) is 0 Å². The van der Waals surface area contributed by atoms with Gasteiger partial charge in [0, 0.05) is 56.8 Å². The predicted molar refractivity (Wildman–Crippen MR) is 122 cm³/mol. The highest BCUT2D eigenvalue weighted by Gasteiger charge is 2.22. The second kappa shape index (κ2) is 10.3. The number of hydrogen-bond acceptors (Lipinski definition) is 7. The third kappa shape index (κ3) is 5.66. The summed E-state index contributed by atoms with van der Waals surface area (Å²) in [7, 11) is 2.16. The molecule has 1 fully saturated rings. The number of rotatable bonds is 3. The van der Waals surface area contributed by atoms with Crippen LogP contribution < -0.4 is 10.6 Å². The number of likely N-dealkylation sites (N-methyl/N-ethyl adjacent to an activating group) is 1. The van der Waals surface area contributed by atoms with E-state index < -0.39 is 0 Å². The molecule has 1 unspecified atom stereocenters. The van der Waals surface area contributed by atoms with Crippen LogP contribution in [-0.2, 0) is 0 Å². The van der Waals surface area contributed by atoms with Crippen molar-refractivity contribution < 1.29 is 4.79 Å². The number of amidine groups is 2. The van der Waals surface area contributed by atoms with E-state index in [0.717, 1.165) is 50.7 Å². The molecule has 30 heavy (non-hydrogen) atoms. The molecule has 0 aromatic carbocycles. The van der Waals surface area contributed by atoms with Gasteiger partial charge in [-0.2, -0.15) is 0 Å². The zero-order chi connectivity index (χ0) is 21.5. The number of pyridine rings is 1. The summed E-state index contributed by atoms with van der Waals surface area (Å²) in [6.07, 6.45) is 5.44. The minimum absolute atomic E-state index is 0.105. The molecule has 1 atom stereocenters. The van der Waals surface area contributed by atoms with Gasteiger partial charge in [-0.05, 0) is 45.5 Å². The second-order valence-corrected chi connectivity index (χ2v) is 7.82. The Bertz CT molecular complexity index is 838. The van der Waals surface area contributed by atoms with E-state index in [9.17, 15) is 4.79 Å². The van der Waals surface area contributed by atoms with Gasteiger partial charge in [0.05, 0.1) is 0 Å². The normalized spacial score (nSPS) is 22.1. The van der Waals surface area contributed by atoms with E-state index in [0.29, 0.717) is 23.7 Å². The number of nitrogens with one attached hydrogen (secondary N) is 2. The lowest BCUT2D eigenvalue weighted by molar-refractivity contribution is 0.0955. The number of nitrogens with zero attached hydrogens (tertiary/aromatic N) is 5. The molecule has 0 saturated carbocycles. The van der Waals surface area contributed by atoms with Crippen LogP contribution >= 0.6 is 0 Å². The second-order valence-electron chi connectivity index (χ2n) is 7.82. The molecule has 0 spiro atoms. The van der Waals surface area contributed by atoms with Crippen molar-refractivity contribution in [3.8, 4) is 0 Å². The van der Waals surface area contributed by atoms with E-state index in [1.165, 1.54) is 0 Å². The number of piperazine rings is 1. The SMILES string of the molecule is C/C=C1/N=C(Nc2cc(C(=O)NCC)ccn2)C(C)CCC(N2CCN(C)CC2)=N1. The van der Waals surface area contributed by atoms with Gasteiger partial charge in [-0.1, -0.05) is 6.92 Å². The number of hydrogen-bond donors (Lipinski definition) is 2. The topological polar surface area (TPSA) is 85.2 Å². The number of anilines is 1. The number of aromatic nitrogens is 1. The Morgan fingerprint density at radius 2 is 2.03 bits per heavy atom. The minimum atomic E-state index is -0.105. The third-order valence-corrected chi connectivity index (χ3v) is 5.49. The van der Waals surface area contributed by atoms with Crippen molar-refractivity contribution in [2.75, 3.05) is 45.1 Å². The van der Waals surface area contributed by atoms with E-state index in [-0.39, 0.29) is 11.8 Å². The fourth-order valence-electron chi connectivity index (χ4n) is 3.54. The lowest BCUT2D eigenvalue weighted by atomic mass is 10.0. The average molecular weight is 412 g/mol. The molecular weight excluding hydrogens is 378 g/mol. The maximum absolute atomic E-state index is 12.1. The van der Waals surface area contributed by atoms with Crippen LogP contribution in [-0.4, -0.2) is 72.1 Å². The number of carbonyl (C=O) groups is 1. The summed E-state index contributed by atoms with van der Waals surface area (Å²) in [5.41, 5.74) is 0.579. The van der Waals surface area contributed by atoms with E-state index >= 15 is 0 Å². The Hall–Kier alpha value is -2.74. The summed E-state index contributed by atoms with van der Waals surface area (Å²) in [5.74, 6) is 3.38. The highest BCUT2D eigenvalue weighted by atomic mass is 16.1. The first-order chi connectivity index (χ1) is 14.5. The van der Waals surface area contributed by atoms with Crippen LogP contribution in [0, 0.1) is 5.92 Å². The zero-order valence-electron chi connectivity index (χ0n) is 18.5. The van der Waals surface area contributed by atoms with Crippen molar-refractivity contribution in [1.82, 2.24) is 20.1 Å². The Labute approximate surface area is 179 Å². The molecule has 2 aliphatic rings. The number of amides is 1. The molecular formula is C22H33N7O. The van der Waals surface area contributed by atoms with E-state index in [1.807, 2.05) is 19.9 Å². The first kappa shape index (κ1) is 22.0. The van der Waals surface area contributed by atoms with Crippen LogP contribution in [0.4, 0.5) is 5.82 Å². The Kier molecular flexibility index (Phi) is 7.57. The molecule has 1 amide bonds. The molecule has 0 radical (unpaired) electrons. The summed E-state index contributed by atoms with van der Waals surface area (Å²) in [6, 6.07) is 3.47. The number of allylic oxidation sites excluding steroid dienone is 1. The maximum Gasteiger partial charge on any atom is 0.251 e. The Morgan fingerprint density at radius 1 is 1.27 bits per heavy atom. The van der Waals surface area contributed by atoms with E-state index in [1.54, 1.807) is 18.3 Å². The standard InChI is InChI=1S/C22H33N7O/c1-5-18-25-20(29-13-11-28(4)12-14-29)8-7-16(3)21(26-18)27-19-15-17(9-10-24-19)22(30)23-6-2/h5,9-10,15-16H,6-8,11-14H2,1-4H3,(H,23,30)(H,24,26,27)/b18-5+,25-20?. The van der Waals surface area contributed by atoms with Gasteiger partial charge in [0.1, 0.15) is 17.5 Å². The van der Waals surface area contributed by atoms with Gasteiger partial charge in [-0.3, -0.25) is 4.79 Å². The highest BCUT2D eigenvalue weighted by molar-refractivity contribution is 6.00. The van der Waals surface area contributed by atoms with Gasteiger partial charge in [0.25, 0.3) is 5.91 Å². The minimum Gasteiger partial charge on any atom is -0.357 e. The van der Waals surface area contributed by atoms with Crippen molar-refractivity contribution in [2.45, 2.75) is 33.6 Å². The lowest BCUT2D eigenvalue weighted by Gasteiger charge is -2.35. The first-order valence-electron chi connectivity index (χ1n) is 10.8. The molecule has 1 saturated heterocycles. The highest BCUT2D eigenvalue weighted by Crippen LogP contribution is 2.20. The van der Waals surface area contributed by atoms with Crippen LogP contribution in [0.25, 0.3) is 0 Å². The largest absolute Gasteiger partial charge is 0.357 e. The number of aliphatic imine (C=N–C) groups is 2. The van der Waals surface area contributed by atoms with Gasteiger partial charge >= 0.3 is 0 Å². The lowest BCUT2D eigenvalue weighted by Crippen LogP contribution is -2.47. The molecule has 8 heteroatoms. The molecule has 2 N–H and O–H groups in total. The number of carbonyl (C=O) groups excluding carboxylic acids is 1. The zero-order valence-corrected chi connectivity index (χ0v) is 18.5. The Morgan fingerprint density at radius 3 is 2.73 bits per heavy atom. The van der Waals surface area contributed by atoms with E-state index in [4.69, 9.17) is 9.98 Å². The van der Waals surface area contributed by atoms with Crippen molar-refractivity contribution >= 4 is 23.4 Å². The van der Waals surface area contributed by atoms with Gasteiger partial charge in [-0.25, -0.2) is 15.0 Å².